The number of carbonyl (C=O) groups excluding carboxylic acids is 1. The van der Waals surface area contributed by atoms with Crippen LogP contribution < -0.4 is 12.4 Å². The first-order chi connectivity index (χ1) is 12.8. The molecular formula is C22H17ClN2O2. The second kappa shape index (κ2) is 7.98. The zero-order valence-electron chi connectivity index (χ0n) is 14.7. The second-order valence-electron chi connectivity index (χ2n) is 5.98. The van der Waals surface area contributed by atoms with Crippen molar-refractivity contribution < 1.29 is 26.6 Å². The van der Waals surface area contributed by atoms with Crippen molar-refractivity contribution in [3.05, 3.63) is 102 Å². The number of fused-ring (bicyclic) bond motifs is 1. The van der Waals surface area contributed by atoms with Gasteiger partial charge >= 0.3 is 5.97 Å². The van der Waals surface area contributed by atoms with Gasteiger partial charge in [-0.3, -0.25) is 0 Å². The van der Waals surface area contributed by atoms with E-state index < -0.39 is 5.97 Å². The molecule has 0 fully saturated rings. The molecule has 0 saturated heterocycles. The van der Waals surface area contributed by atoms with Gasteiger partial charge in [0.25, 0.3) is 0 Å². The van der Waals surface area contributed by atoms with Crippen LogP contribution in [0.2, 0.25) is 0 Å². The van der Waals surface area contributed by atoms with Gasteiger partial charge in [0.05, 0.1) is 11.1 Å². The molecule has 134 valence electrons. The van der Waals surface area contributed by atoms with Crippen LogP contribution in [0, 0.1) is 0 Å². The summed E-state index contributed by atoms with van der Waals surface area (Å²) in [7, 11) is 1.99. The van der Waals surface area contributed by atoms with Crippen LogP contribution in [0.1, 0.15) is 21.5 Å². The highest BCUT2D eigenvalue weighted by Gasteiger charge is 2.35. The summed E-state index contributed by atoms with van der Waals surface area (Å²) < 4.78 is 2.07. The topological polar surface area (TPSA) is 41.7 Å². The van der Waals surface area contributed by atoms with Crippen LogP contribution in [0.4, 0.5) is 5.69 Å². The Morgan fingerprint density at radius 3 is 2.15 bits per heavy atom. The molecule has 0 radical (unpaired) electrons. The maximum Gasteiger partial charge on any atom is 0.365 e. The molecule has 4 rings (SSSR count). The molecule has 3 aromatic rings. The number of benzene rings is 3. The van der Waals surface area contributed by atoms with Gasteiger partial charge in [-0.25, -0.2) is 4.79 Å². The molecule has 4 nitrogen and oxygen atoms in total. The maximum atomic E-state index is 12.3. The van der Waals surface area contributed by atoms with Gasteiger partial charge in [0, 0.05) is 11.6 Å². The molecule has 0 unspecified atom stereocenters. The molecule has 0 atom stereocenters. The van der Waals surface area contributed by atoms with Gasteiger partial charge < -0.3 is 17.2 Å². The number of hydrogen-bond donors (Lipinski definition) is 0. The first-order valence-corrected chi connectivity index (χ1v) is 8.36. The average Bonchev–Trinajstić information content (AvgIpc) is 2.99. The Bertz CT molecular complexity index is 1030. The van der Waals surface area contributed by atoms with Gasteiger partial charge in [0.2, 0.25) is 11.4 Å². The number of para-hydroxylation sites is 1. The lowest BCUT2D eigenvalue weighted by atomic mass is 10.0. The monoisotopic (exact) mass is 376 g/mol. The summed E-state index contributed by atoms with van der Waals surface area (Å²) in [6.45, 7) is 0. The normalized spacial score (nSPS) is 13.9. The molecule has 0 bridgehead atoms. The maximum absolute atomic E-state index is 12.3. The van der Waals surface area contributed by atoms with Crippen molar-refractivity contribution >= 4 is 23.1 Å². The van der Waals surface area contributed by atoms with Gasteiger partial charge in [-0.1, -0.05) is 53.7 Å². The van der Waals surface area contributed by atoms with Crippen molar-refractivity contribution in [2.24, 2.45) is 5.16 Å². The minimum absolute atomic E-state index is 0. The third kappa shape index (κ3) is 3.52. The van der Waals surface area contributed by atoms with Crippen LogP contribution in [-0.2, 0) is 4.84 Å². The number of carbonyl (C=O) groups is 1. The summed E-state index contributed by atoms with van der Waals surface area (Å²) >= 11 is 0. The Labute approximate surface area is 163 Å². The molecule has 0 saturated carbocycles. The summed E-state index contributed by atoms with van der Waals surface area (Å²) in [4.78, 5) is 17.6. The van der Waals surface area contributed by atoms with Crippen molar-refractivity contribution in [2.75, 3.05) is 7.05 Å². The number of oxime groups is 1. The Balaban J connectivity index is 0.00000210. The van der Waals surface area contributed by atoms with Gasteiger partial charge in [-0.15, -0.1) is 0 Å². The average molecular weight is 377 g/mol. The summed E-state index contributed by atoms with van der Waals surface area (Å²) in [5.74, 6) is -0.474. The number of rotatable bonds is 3. The predicted octanol–water partition coefficient (Wildman–Crippen LogP) is 1.03. The van der Waals surface area contributed by atoms with E-state index in [1.165, 1.54) is 0 Å². The molecule has 1 aliphatic rings. The molecule has 0 N–H and O–H groups in total. The lowest BCUT2D eigenvalue weighted by molar-refractivity contribution is -0.399. The molecule has 27 heavy (non-hydrogen) atoms. The summed E-state index contributed by atoms with van der Waals surface area (Å²) in [5.41, 5.74) is 5.01. The van der Waals surface area contributed by atoms with Crippen molar-refractivity contribution in [2.45, 2.75) is 0 Å². The van der Waals surface area contributed by atoms with E-state index >= 15 is 0 Å². The SMILES string of the molecule is C[N+]1=C(c2ccccc2)/C(=N\OC(=O)c2ccccc2)c2ccccc21.[Cl-]. The quantitative estimate of drug-likeness (QED) is 0.389. The van der Waals surface area contributed by atoms with E-state index in [9.17, 15) is 4.79 Å². The molecule has 1 heterocycles. The zero-order chi connectivity index (χ0) is 17.9. The first kappa shape index (κ1) is 18.5. The number of nitrogens with zero attached hydrogens (tertiary/aromatic N) is 2. The Morgan fingerprint density at radius 2 is 1.44 bits per heavy atom. The molecule has 1 aliphatic heterocycles. The van der Waals surface area contributed by atoms with Crippen LogP contribution in [0.15, 0.2) is 90.1 Å². The van der Waals surface area contributed by atoms with Gasteiger partial charge in [-0.05, 0) is 30.3 Å². The summed E-state index contributed by atoms with van der Waals surface area (Å²) in [6, 6.07) is 26.8. The zero-order valence-corrected chi connectivity index (χ0v) is 15.4. The first-order valence-electron chi connectivity index (χ1n) is 8.36. The highest BCUT2D eigenvalue weighted by Crippen LogP contribution is 2.28. The summed E-state index contributed by atoms with van der Waals surface area (Å²) in [6.07, 6.45) is 0. The van der Waals surface area contributed by atoms with Gasteiger partial charge in [-0.2, -0.15) is 4.58 Å². The van der Waals surface area contributed by atoms with E-state index in [1.807, 2.05) is 67.7 Å². The minimum Gasteiger partial charge on any atom is -1.00 e. The van der Waals surface area contributed by atoms with Gasteiger partial charge in [0.1, 0.15) is 7.05 Å². The predicted molar refractivity (Wildman–Crippen MR) is 101 cm³/mol. The standard InChI is InChI=1S/C22H17N2O2.ClH/c1-24-19-15-9-8-14-18(19)20(21(24)16-10-4-2-5-11-16)23-26-22(25)17-12-6-3-7-13-17;/h2-15H,1H3;1H/q+1;/p-1/b23-20-;. The lowest BCUT2D eigenvalue weighted by Gasteiger charge is -2.01. The fourth-order valence-electron chi connectivity index (χ4n) is 3.11. The molecule has 0 aliphatic carbocycles. The minimum atomic E-state index is -0.474. The van der Waals surface area contributed by atoms with Crippen molar-refractivity contribution in [3.63, 3.8) is 0 Å². The number of hydrogen-bond acceptors (Lipinski definition) is 3. The van der Waals surface area contributed by atoms with E-state index in [-0.39, 0.29) is 12.4 Å². The van der Waals surface area contributed by atoms with Crippen LogP contribution >= 0.6 is 0 Å². The van der Waals surface area contributed by atoms with E-state index in [0.29, 0.717) is 11.3 Å². The van der Waals surface area contributed by atoms with Crippen LogP contribution in [0.25, 0.3) is 0 Å². The fourth-order valence-corrected chi connectivity index (χ4v) is 3.11. The molecule has 5 heteroatoms. The third-order valence-electron chi connectivity index (χ3n) is 4.36. The highest BCUT2D eigenvalue weighted by atomic mass is 35.5. The third-order valence-corrected chi connectivity index (χ3v) is 4.36. The van der Waals surface area contributed by atoms with Crippen molar-refractivity contribution in [3.8, 4) is 0 Å². The Morgan fingerprint density at radius 1 is 0.852 bits per heavy atom. The molecule has 0 spiro atoms. The van der Waals surface area contributed by atoms with Crippen LogP contribution in [0.3, 0.4) is 0 Å². The van der Waals surface area contributed by atoms with Crippen LogP contribution in [-0.4, -0.2) is 29.0 Å². The largest absolute Gasteiger partial charge is 1.00 e. The van der Waals surface area contributed by atoms with E-state index in [2.05, 4.69) is 9.73 Å². The molecule has 3 aromatic carbocycles. The van der Waals surface area contributed by atoms with E-state index in [4.69, 9.17) is 4.84 Å². The van der Waals surface area contributed by atoms with Crippen molar-refractivity contribution in [1.82, 2.24) is 0 Å². The second-order valence-corrected chi connectivity index (χ2v) is 5.98. The fraction of sp³-hybridized carbons (Fsp3) is 0.0455. The number of halogens is 1. The Hall–Kier alpha value is -3.24. The highest BCUT2D eigenvalue weighted by molar-refractivity contribution is 6.54. The Kier molecular flexibility index (Phi) is 5.48. The molecule has 0 amide bonds. The lowest BCUT2D eigenvalue weighted by Crippen LogP contribution is -3.00. The molecule has 0 aromatic heterocycles. The van der Waals surface area contributed by atoms with E-state index in [1.54, 1.807) is 24.3 Å². The summed E-state index contributed by atoms with van der Waals surface area (Å²) in [5, 5.41) is 4.24. The van der Waals surface area contributed by atoms with Crippen molar-refractivity contribution in [1.29, 1.82) is 0 Å². The van der Waals surface area contributed by atoms with Gasteiger partial charge in [0.15, 0.2) is 5.71 Å². The molecular weight excluding hydrogens is 360 g/mol. The van der Waals surface area contributed by atoms with E-state index in [0.717, 1.165) is 22.5 Å². The smallest absolute Gasteiger partial charge is 0.365 e. The van der Waals surface area contributed by atoms with Crippen LogP contribution in [0.5, 0.6) is 0 Å².